The lowest BCUT2D eigenvalue weighted by Crippen LogP contribution is -2.19. The fourth-order valence-electron chi connectivity index (χ4n) is 2.46. The Bertz CT molecular complexity index is 984. The maximum absolute atomic E-state index is 13.9. The first kappa shape index (κ1) is 17.6. The maximum Gasteiger partial charge on any atom is 0.255 e. The van der Waals surface area contributed by atoms with Gasteiger partial charge in [-0.15, -0.1) is 0 Å². The zero-order chi connectivity index (χ0) is 18.1. The van der Waals surface area contributed by atoms with Crippen molar-refractivity contribution in [1.82, 2.24) is 4.57 Å². The second kappa shape index (κ2) is 6.96. The molecule has 0 bridgehead atoms. The van der Waals surface area contributed by atoms with Gasteiger partial charge in [-0.1, -0.05) is 35.3 Å². The fourth-order valence-corrected chi connectivity index (χ4v) is 3.04. The van der Waals surface area contributed by atoms with E-state index in [4.69, 9.17) is 23.2 Å². The molecule has 0 saturated carbocycles. The predicted molar refractivity (Wildman–Crippen MR) is 92.5 cm³/mol. The number of para-hydroxylation sites is 1. The summed E-state index contributed by atoms with van der Waals surface area (Å²) in [5, 5.41) is 10.9. The first-order chi connectivity index (χ1) is 11.9. The Morgan fingerprint density at radius 3 is 2.32 bits per heavy atom. The van der Waals surface area contributed by atoms with Crippen LogP contribution in [-0.4, -0.2) is 9.67 Å². The lowest BCUT2D eigenvalue weighted by Gasteiger charge is -2.16. The monoisotopic (exact) mass is 381 g/mol. The molecule has 1 N–H and O–H groups in total. The Labute approximate surface area is 151 Å². The van der Waals surface area contributed by atoms with Crippen LogP contribution in [0.25, 0.3) is 5.69 Å². The summed E-state index contributed by atoms with van der Waals surface area (Å²) in [7, 11) is 0. The summed E-state index contributed by atoms with van der Waals surface area (Å²) in [6.45, 7) is 0. The Balaban J connectivity index is 2.12. The van der Waals surface area contributed by atoms with Gasteiger partial charge in [0.2, 0.25) is 0 Å². The van der Waals surface area contributed by atoms with Gasteiger partial charge in [-0.25, -0.2) is 8.78 Å². The first-order valence-corrected chi connectivity index (χ1v) is 7.94. The third kappa shape index (κ3) is 3.44. The van der Waals surface area contributed by atoms with E-state index in [0.29, 0.717) is 6.07 Å². The van der Waals surface area contributed by atoms with Crippen molar-refractivity contribution in [3.05, 3.63) is 97.9 Å². The highest BCUT2D eigenvalue weighted by molar-refractivity contribution is 6.37. The third-order valence-electron chi connectivity index (χ3n) is 3.69. The molecule has 7 heteroatoms. The quantitative estimate of drug-likeness (QED) is 0.725. The van der Waals surface area contributed by atoms with Crippen molar-refractivity contribution in [3.8, 4) is 5.69 Å². The van der Waals surface area contributed by atoms with Crippen LogP contribution in [0.15, 0.2) is 59.5 Å². The molecule has 1 aromatic heterocycles. The van der Waals surface area contributed by atoms with Crippen LogP contribution in [0.5, 0.6) is 0 Å². The average Bonchev–Trinajstić information content (AvgIpc) is 2.56. The third-order valence-corrected chi connectivity index (χ3v) is 4.30. The van der Waals surface area contributed by atoms with Crippen molar-refractivity contribution in [1.29, 1.82) is 0 Å². The summed E-state index contributed by atoms with van der Waals surface area (Å²) in [5.74, 6) is -1.64. The Morgan fingerprint density at radius 1 is 1.00 bits per heavy atom. The number of halogens is 4. The molecule has 0 aliphatic heterocycles. The zero-order valence-corrected chi connectivity index (χ0v) is 14.1. The molecule has 0 spiro atoms. The van der Waals surface area contributed by atoms with E-state index in [0.717, 1.165) is 12.1 Å². The highest BCUT2D eigenvalue weighted by Crippen LogP contribution is 2.29. The van der Waals surface area contributed by atoms with Crippen LogP contribution in [0.1, 0.15) is 17.2 Å². The molecular weight excluding hydrogens is 371 g/mol. The molecule has 0 fully saturated rings. The van der Waals surface area contributed by atoms with Crippen LogP contribution in [-0.2, 0) is 0 Å². The van der Waals surface area contributed by atoms with Crippen LogP contribution in [0, 0.1) is 11.6 Å². The number of hydrogen-bond acceptors (Lipinski definition) is 2. The molecule has 3 aromatic rings. The number of pyridine rings is 1. The van der Waals surface area contributed by atoms with Crippen LogP contribution >= 0.6 is 23.2 Å². The van der Waals surface area contributed by atoms with Gasteiger partial charge in [-0.05, 0) is 24.3 Å². The predicted octanol–water partition coefficient (Wildman–Crippen LogP) is 4.50. The number of aromatic nitrogens is 1. The summed E-state index contributed by atoms with van der Waals surface area (Å²) in [5.41, 5.74) is -0.0621. The van der Waals surface area contributed by atoms with Crippen LogP contribution in [0.2, 0.25) is 10.0 Å². The highest BCUT2D eigenvalue weighted by atomic mass is 35.5. The van der Waals surface area contributed by atoms with Crippen LogP contribution in [0.3, 0.4) is 0 Å². The summed E-state index contributed by atoms with van der Waals surface area (Å²) < 4.78 is 28.1. The van der Waals surface area contributed by atoms with Gasteiger partial charge < -0.3 is 5.11 Å². The molecule has 1 atom stereocenters. The van der Waals surface area contributed by atoms with E-state index >= 15 is 0 Å². The van der Waals surface area contributed by atoms with E-state index in [1.165, 1.54) is 22.9 Å². The van der Waals surface area contributed by atoms with Gasteiger partial charge >= 0.3 is 0 Å². The van der Waals surface area contributed by atoms with Gasteiger partial charge in [0.05, 0.1) is 15.7 Å². The van der Waals surface area contributed by atoms with Gasteiger partial charge in [0, 0.05) is 29.5 Å². The Morgan fingerprint density at radius 2 is 1.68 bits per heavy atom. The SMILES string of the molecule is O=c1ccc(C(O)c2ccc(F)cc2F)cn1-c1c(Cl)cccc1Cl. The number of aliphatic hydroxyl groups excluding tert-OH is 1. The average molecular weight is 382 g/mol. The first-order valence-electron chi connectivity index (χ1n) is 7.18. The summed E-state index contributed by atoms with van der Waals surface area (Å²) in [6, 6.07) is 10.2. The number of nitrogens with zero attached hydrogens (tertiary/aromatic N) is 1. The Hall–Kier alpha value is -2.21. The van der Waals surface area contributed by atoms with E-state index in [1.807, 2.05) is 0 Å². The second-order valence-electron chi connectivity index (χ2n) is 5.31. The zero-order valence-electron chi connectivity index (χ0n) is 12.6. The second-order valence-corrected chi connectivity index (χ2v) is 6.12. The van der Waals surface area contributed by atoms with Gasteiger partial charge in [-0.3, -0.25) is 9.36 Å². The van der Waals surface area contributed by atoms with Gasteiger partial charge in [0.15, 0.2) is 0 Å². The molecule has 2 aromatic carbocycles. The minimum absolute atomic E-state index is 0.114. The molecule has 0 aliphatic rings. The highest BCUT2D eigenvalue weighted by Gasteiger charge is 2.18. The smallest absolute Gasteiger partial charge is 0.255 e. The molecule has 25 heavy (non-hydrogen) atoms. The lowest BCUT2D eigenvalue weighted by atomic mass is 10.0. The molecule has 128 valence electrons. The molecule has 0 saturated heterocycles. The van der Waals surface area contributed by atoms with Crippen molar-refractivity contribution in [2.75, 3.05) is 0 Å². The van der Waals surface area contributed by atoms with Crippen molar-refractivity contribution in [2.24, 2.45) is 0 Å². The standard InChI is InChI=1S/C18H11Cl2F2NO2/c19-13-2-1-3-14(20)17(13)23-9-10(4-7-16(23)24)18(25)12-6-5-11(21)8-15(12)22/h1-9,18,25H. The number of benzene rings is 2. The van der Waals surface area contributed by atoms with E-state index in [-0.39, 0.29) is 26.9 Å². The van der Waals surface area contributed by atoms with E-state index in [1.54, 1.807) is 18.2 Å². The van der Waals surface area contributed by atoms with Crippen molar-refractivity contribution in [2.45, 2.75) is 6.10 Å². The van der Waals surface area contributed by atoms with Gasteiger partial charge in [-0.2, -0.15) is 0 Å². The molecule has 0 aliphatic carbocycles. The number of aliphatic hydroxyl groups is 1. The maximum atomic E-state index is 13.9. The van der Waals surface area contributed by atoms with Crippen molar-refractivity contribution in [3.63, 3.8) is 0 Å². The lowest BCUT2D eigenvalue weighted by molar-refractivity contribution is 0.214. The van der Waals surface area contributed by atoms with Crippen LogP contribution in [0.4, 0.5) is 8.78 Å². The summed E-state index contributed by atoms with van der Waals surface area (Å²) >= 11 is 12.2. The molecular formula is C18H11Cl2F2NO2. The largest absolute Gasteiger partial charge is 0.383 e. The molecule has 3 nitrogen and oxygen atoms in total. The molecule has 1 heterocycles. The Kier molecular flexibility index (Phi) is 4.90. The summed E-state index contributed by atoms with van der Waals surface area (Å²) in [6.07, 6.45) is -0.0724. The van der Waals surface area contributed by atoms with Crippen molar-refractivity contribution >= 4 is 23.2 Å². The number of rotatable bonds is 3. The summed E-state index contributed by atoms with van der Waals surface area (Å²) in [4.78, 5) is 12.2. The normalized spacial score (nSPS) is 12.2. The van der Waals surface area contributed by atoms with Gasteiger partial charge in [0.1, 0.15) is 17.7 Å². The minimum atomic E-state index is -1.39. The topological polar surface area (TPSA) is 42.2 Å². The molecule has 3 rings (SSSR count). The molecule has 0 radical (unpaired) electrons. The number of hydrogen-bond donors (Lipinski definition) is 1. The van der Waals surface area contributed by atoms with Crippen molar-refractivity contribution < 1.29 is 13.9 Å². The fraction of sp³-hybridized carbons (Fsp3) is 0.0556. The van der Waals surface area contributed by atoms with Gasteiger partial charge in [0.25, 0.3) is 5.56 Å². The minimum Gasteiger partial charge on any atom is -0.383 e. The van der Waals surface area contributed by atoms with E-state index in [2.05, 4.69) is 0 Å². The van der Waals surface area contributed by atoms with Crippen LogP contribution < -0.4 is 5.56 Å². The molecule has 0 amide bonds. The molecule has 1 unspecified atom stereocenters. The van der Waals surface area contributed by atoms with E-state index < -0.39 is 23.3 Å². The van der Waals surface area contributed by atoms with E-state index in [9.17, 15) is 18.7 Å².